The monoisotopic (exact) mass is 271 g/mol. The van der Waals surface area contributed by atoms with Crippen molar-refractivity contribution in [2.75, 3.05) is 0 Å². The zero-order valence-electron chi connectivity index (χ0n) is 11.2. The lowest BCUT2D eigenvalue weighted by molar-refractivity contribution is -0.139. The number of benzene rings is 2. The average molecular weight is 271 g/mol. The number of aromatic hydroxyl groups is 1. The Hall–Kier alpha value is -2.33. The van der Waals surface area contributed by atoms with Crippen LogP contribution in [0.5, 0.6) is 5.75 Å². The van der Waals surface area contributed by atoms with Crippen molar-refractivity contribution in [2.24, 2.45) is 0 Å². The van der Waals surface area contributed by atoms with Gasteiger partial charge in [0.2, 0.25) is 0 Å². The molecular weight excluding hydrogens is 254 g/mol. The number of nitrogens with one attached hydrogen (secondary N) is 1. The third-order valence-electron chi connectivity index (χ3n) is 3.11. The Morgan fingerprint density at radius 1 is 1.20 bits per heavy atom. The minimum atomic E-state index is -0.941. The van der Waals surface area contributed by atoms with E-state index in [0.29, 0.717) is 17.7 Å². The van der Waals surface area contributed by atoms with Crippen LogP contribution >= 0.6 is 0 Å². The van der Waals surface area contributed by atoms with Gasteiger partial charge < -0.3 is 10.2 Å². The molecule has 0 radical (unpaired) electrons. The molecule has 0 aliphatic heterocycles. The molecule has 3 N–H and O–H groups in total. The molecule has 1 atom stereocenters. The fourth-order valence-corrected chi connectivity index (χ4v) is 2.06. The summed E-state index contributed by atoms with van der Waals surface area (Å²) in [5, 5.41) is 22.0. The van der Waals surface area contributed by atoms with Crippen LogP contribution in [0.25, 0.3) is 0 Å². The van der Waals surface area contributed by atoms with Crippen LogP contribution in [0, 0.1) is 6.92 Å². The second kappa shape index (κ2) is 6.21. The van der Waals surface area contributed by atoms with E-state index in [0.717, 1.165) is 5.56 Å². The molecule has 0 aliphatic carbocycles. The van der Waals surface area contributed by atoms with Gasteiger partial charge in [0, 0.05) is 12.1 Å². The van der Waals surface area contributed by atoms with Gasteiger partial charge in [0.25, 0.3) is 0 Å². The summed E-state index contributed by atoms with van der Waals surface area (Å²) in [6.45, 7) is 2.22. The molecule has 0 saturated carbocycles. The van der Waals surface area contributed by atoms with Gasteiger partial charge in [0.15, 0.2) is 0 Å². The normalized spacial score (nSPS) is 12.1. The minimum Gasteiger partial charge on any atom is -0.508 e. The van der Waals surface area contributed by atoms with Crippen molar-refractivity contribution in [2.45, 2.75) is 19.5 Å². The molecule has 0 aromatic heterocycles. The summed E-state index contributed by atoms with van der Waals surface area (Å²) in [7, 11) is 0. The Kier molecular flexibility index (Phi) is 4.38. The molecule has 0 saturated heterocycles. The number of carbonyl (C=O) groups is 1. The first-order valence-electron chi connectivity index (χ1n) is 6.37. The van der Waals surface area contributed by atoms with Crippen molar-refractivity contribution in [3.8, 4) is 5.75 Å². The Bertz CT molecular complexity index is 596. The number of carboxylic acid groups (broad SMARTS) is 1. The lowest BCUT2D eigenvalue weighted by atomic mass is 10.1. The highest BCUT2D eigenvalue weighted by molar-refractivity contribution is 5.75. The van der Waals surface area contributed by atoms with E-state index >= 15 is 0 Å². The second-order valence-corrected chi connectivity index (χ2v) is 4.70. The Labute approximate surface area is 117 Å². The molecule has 2 aromatic carbocycles. The van der Waals surface area contributed by atoms with Crippen LogP contribution in [0.15, 0.2) is 48.5 Å². The predicted octanol–water partition coefficient (Wildman–Crippen LogP) is 2.62. The number of phenols is 1. The number of rotatable bonds is 5. The van der Waals surface area contributed by atoms with Crippen molar-refractivity contribution in [1.82, 2.24) is 5.32 Å². The van der Waals surface area contributed by atoms with Crippen molar-refractivity contribution >= 4 is 5.97 Å². The summed E-state index contributed by atoms with van der Waals surface area (Å²) in [6, 6.07) is 13.4. The van der Waals surface area contributed by atoms with Crippen LogP contribution in [-0.2, 0) is 11.3 Å². The third kappa shape index (κ3) is 3.36. The van der Waals surface area contributed by atoms with Gasteiger partial charge in [-0.2, -0.15) is 0 Å². The maximum absolute atomic E-state index is 11.3. The maximum atomic E-state index is 11.3. The molecule has 4 nitrogen and oxygen atoms in total. The molecule has 2 rings (SSSR count). The van der Waals surface area contributed by atoms with Crippen LogP contribution in [0.2, 0.25) is 0 Å². The van der Waals surface area contributed by atoms with Gasteiger partial charge in [-0.15, -0.1) is 0 Å². The third-order valence-corrected chi connectivity index (χ3v) is 3.11. The summed E-state index contributed by atoms with van der Waals surface area (Å²) in [5.74, 6) is -0.774. The molecular formula is C16H17NO3. The van der Waals surface area contributed by atoms with Gasteiger partial charge in [0.05, 0.1) is 0 Å². The van der Waals surface area contributed by atoms with Crippen molar-refractivity contribution in [3.63, 3.8) is 0 Å². The first kappa shape index (κ1) is 14.1. The predicted molar refractivity (Wildman–Crippen MR) is 76.5 cm³/mol. The molecule has 0 aliphatic rings. The molecule has 104 valence electrons. The number of aliphatic carboxylic acids is 1. The van der Waals surface area contributed by atoms with E-state index in [2.05, 4.69) is 5.32 Å². The van der Waals surface area contributed by atoms with Gasteiger partial charge in [0.1, 0.15) is 11.8 Å². The van der Waals surface area contributed by atoms with E-state index in [-0.39, 0.29) is 5.75 Å². The molecule has 0 fully saturated rings. The first-order chi connectivity index (χ1) is 9.58. The standard InChI is InChI=1S/C16H17NO3/c1-11-7-8-14(18)13(9-11)10-17-15(16(19)20)12-5-3-2-4-6-12/h2-9,15,17-18H,10H2,1H3,(H,19,20). The summed E-state index contributed by atoms with van der Waals surface area (Å²) >= 11 is 0. The van der Waals surface area contributed by atoms with E-state index < -0.39 is 12.0 Å². The number of hydrogen-bond acceptors (Lipinski definition) is 3. The minimum absolute atomic E-state index is 0.167. The topological polar surface area (TPSA) is 69.6 Å². The fourth-order valence-electron chi connectivity index (χ4n) is 2.06. The van der Waals surface area contributed by atoms with Crippen LogP contribution in [-0.4, -0.2) is 16.2 Å². The fraction of sp³-hybridized carbons (Fsp3) is 0.188. The number of hydrogen-bond donors (Lipinski definition) is 3. The molecule has 0 spiro atoms. The summed E-state index contributed by atoms with van der Waals surface area (Å²) < 4.78 is 0. The molecule has 0 heterocycles. The summed E-state index contributed by atoms with van der Waals surface area (Å²) in [4.78, 5) is 11.3. The Balaban J connectivity index is 2.14. The number of aryl methyl sites for hydroxylation is 1. The first-order valence-corrected chi connectivity index (χ1v) is 6.37. The maximum Gasteiger partial charge on any atom is 0.325 e. The van der Waals surface area contributed by atoms with Crippen LogP contribution in [0.4, 0.5) is 0 Å². The molecule has 2 aromatic rings. The average Bonchev–Trinajstić information content (AvgIpc) is 2.43. The zero-order chi connectivity index (χ0) is 14.5. The van der Waals surface area contributed by atoms with E-state index in [9.17, 15) is 15.0 Å². The van der Waals surface area contributed by atoms with Crippen molar-refractivity contribution < 1.29 is 15.0 Å². The quantitative estimate of drug-likeness (QED) is 0.782. The van der Waals surface area contributed by atoms with Crippen LogP contribution in [0.1, 0.15) is 22.7 Å². The van der Waals surface area contributed by atoms with Gasteiger partial charge in [-0.25, -0.2) is 0 Å². The van der Waals surface area contributed by atoms with Gasteiger partial charge in [-0.1, -0.05) is 48.0 Å². The van der Waals surface area contributed by atoms with Gasteiger partial charge in [-0.05, 0) is 18.6 Å². The lowest BCUT2D eigenvalue weighted by Crippen LogP contribution is -2.28. The smallest absolute Gasteiger partial charge is 0.325 e. The van der Waals surface area contributed by atoms with E-state index in [4.69, 9.17) is 0 Å². The van der Waals surface area contributed by atoms with E-state index in [1.807, 2.05) is 25.1 Å². The SMILES string of the molecule is Cc1ccc(O)c(CNC(C(=O)O)c2ccccc2)c1. The zero-order valence-corrected chi connectivity index (χ0v) is 11.2. The molecule has 4 heteroatoms. The highest BCUT2D eigenvalue weighted by Crippen LogP contribution is 2.20. The Morgan fingerprint density at radius 3 is 2.55 bits per heavy atom. The largest absolute Gasteiger partial charge is 0.508 e. The molecule has 1 unspecified atom stereocenters. The summed E-state index contributed by atoms with van der Waals surface area (Å²) in [5.41, 5.74) is 2.39. The summed E-state index contributed by atoms with van der Waals surface area (Å²) in [6.07, 6.45) is 0. The highest BCUT2D eigenvalue weighted by Gasteiger charge is 2.19. The van der Waals surface area contributed by atoms with Crippen LogP contribution < -0.4 is 5.32 Å². The van der Waals surface area contributed by atoms with E-state index in [1.54, 1.807) is 30.3 Å². The van der Waals surface area contributed by atoms with Crippen LogP contribution in [0.3, 0.4) is 0 Å². The second-order valence-electron chi connectivity index (χ2n) is 4.70. The molecule has 20 heavy (non-hydrogen) atoms. The number of phenolic OH excluding ortho intramolecular Hbond substituents is 1. The van der Waals surface area contributed by atoms with Gasteiger partial charge in [-0.3, -0.25) is 10.1 Å². The van der Waals surface area contributed by atoms with Gasteiger partial charge >= 0.3 is 5.97 Å². The molecule has 0 amide bonds. The van der Waals surface area contributed by atoms with Crippen molar-refractivity contribution in [1.29, 1.82) is 0 Å². The Morgan fingerprint density at radius 2 is 1.90 bits per heavy atom. The lowest BCUT2D eigenvalue weighted by Gasteiger charge is -2.15. The highest BCUT2D eigenvalue weighted by atomic mass is 16.4. The van der Waals surface area contributed by atoms with E-state index in [1.165, 1.54) is 0 Å². The molecule has 0 bridgehead atoms. The number of carboxylic acids is 1. The van der Waals surface area contributed by atoms with Crippen molar-refractivity contribution in [3.05, 3.63) is 65.2 Å².